The van der Waals surface area contributed by atoms with Gasteiger partial charge in [0.15, 0.2) is 0 Å². The minimum absolute atomic E-state index is 0.723. The molecule has 0 saturated carbocycles. The summed E-state index contributed by atoms with van der Waals surface area (Å²) in [6, 6.07) is 5.90. The first-order valence-corrected chi connectivity index (χ1v) is 6.43. The van der Waals surface area contributed by atoms with E-state index in [1.165, 1.54) is 6.42 Å². The second-order valence-electron chi connectivity index (χ2n) is 4.78. The molecule has 0 amide bonds. The van der Waals surface area contributed by atoms with Gasteiger partial charge in [0.25, 0.3) is 0 Å². The summed E-state index contributed by atoms with van der Waals surface area (Å²) in [6.07, 6.45) is 2.31. The molecule has 0 aliphatic carbocycles. The highest BCUT2D eigenvalue weighted by Crippen LogP contribution is 2.22. The van der Waals surface area contributed by atoms with Crippen LogP contribution in [0.1, 0.15) is 12.2 Å². The Morgan fingerprint density at radius 2 is 2.41 bits per heavy atom. The van der Waals surface area contributed by atoms with E-state index in [1.54, 1.807) is 0 Å². The Morgan fingerprint density at radius 1 is 1.53 bits per heavy atom. The van der Waals surface area contributed by atoms with Crippen molar-refractivity contribution in [2.24, 2.45) is 13.0 Å². The molecule has 3 rings (SSSR count). The average molecular weight is 250 g/mol. The van der Waals surface area contributed by atoms with Gasteiger partial charge in [0, 0.05) is 18.5 Å². The van der Waals surface area contributed by atoms with Crippen LogP contribution in [0.4, 0.5) is 0 Å². The number of halogens is 1. The van der Waals surface area contributed by atoms with E-state index in [2.05, 4.69) is 21.9 Å². The van der Waals surface area contributed by atoms with Crippen molar-refractivity contribution in [3.63, 3.8) is 0 Å². The van der Waals surface area contributed by atoms with Crippen LogP contribution in [0.2, 0.25) is 5.02 Å². The Bertz CT molecular complexity index is 541. The summed E-state index contributed by atoms with van der Waals surface area (Å²) in [5.41, 5.74) is 2.16. The molecule has 1 fully saturated rings. The van der Waals surface area contributed by atoms with Gasteiger partial charge in [-0.2, -0.15) is 0 Å². The van der Waals surface area contributed by atoms with Crippen LogP contribution < -0.4 is 5.32 Å². The Hall–Kier alpha value is -1.06. The Morgan fingerprint density at radius 3 is 3.18 bits per heavy atom. The fourth-order valence-corrected chi connectivity index (χ4v) is 2.72. The van der Waals surface area contributed by atoms with Gasteiger partial charge in [0.1, 0.15) is 5.82 Å². The van der Waals surface area contributed by atoms with Crippen molar-refractivity contribution in [3.05, 3.63) is 29.0 Å². The lowest BCUT2D eigenvalue weighted by atomic mass is 10.0. The number of hydrogen-bond acceptors (Lipinski definition) is 2. The van der Waals surface area contributed by atoms with Crippen LogP contribution in [0.3, 0.4) is 0 Å². The zero-order valence-corrected chi connectivity index (χ0v) is 10.7. The van der Waals surface area contributed by atoms with Crippen LogP contribution in [0.15, 0.2) is 18.2 Å². The van der Waals surface area contributed by atoms with Crippen molar-refractivity contribution in [2.45, 2.75) is 12.8 Å². The molecule has 2 heterocycles. The fraction of sp³-hybridized carbons (Fsp3) is 0.462. The van der Waals surface area contributed by atoms with Crippen LogP contribution in [0.5, 0.6) is 0 Å². The number of aryl methyl sites for hydroxylation is 1. The third kappa shape index (κ3) is 2.05. The largest absolute Gasteiger partial charge is 0.331 e. The standard InChI is InChI=1S/C13H16ClN3/c1-17-12-3-2-10(14)7-11(12)16-13(17)6-9-4-5-15-8-9/h2-3,7,9,15H,4-6,8H2,1H3. The minimum atomic E-state index is 0.723. The first kappa shape index (κ1) is 11.1. The van der Waals surface area contributed by atoms with Crippen molar-refractivity contribution >= 4 is 22.6 Å². The van der Waals surface area contributed by atoms with Gasteiger partial charge in [0.2, 0.25) is 0 Å². The van der Waals surface area contributed by atoms with Crippen LogP contribution >= 0.6 is 11.6 Å². The SMILES string of the molecule is Cn1c(CC2CCNC2)nc2cc(Cl)ccc21. The van der Waals surface area contributed by atoms with Gasteiger partial charge in [0.05, 0.1) is 11.0 Å². The highest BCUT2D eigenvalue weighted by molar-refractivity contribution is 6.31. The summed E-state index contributed by atoms with van der Waals surface area (Å²) >= 11 is 5.99. The zero-order valence-electron chi connectivity index (χ0n) is 9.91. The zero-order chi connectivity index (χ0) is 11.8. The summed E-state index contributed by atoms with van der Waals surface area (Å²) in [5.74, 6) is 1.89. The van der Waals surface area contributed by atoms with Crippen molar-refractivity contribution in [2.75, 3.05) is 13.1 Å². The van der Waals surface area contributed by atoms with E-state index in [1.807, 2.05) is 18.2 Å². The minimum Gasteiger partial charge on any atom is -0.331 e. The summed E-state index contributed by atoms with van der Waals surface area (Å²) < 4.78 is 2.18. The van der Waals surface area contributed by atoms with Crippen molar-refractivity contribution in [3.8, 4) is 0 Å². The summed E-state index contributed by atoms with van der Waals surface area (Å²) in [7, 11) is 2.08. The Balaban J connectivity index is 1.96. The molecule has 1 atom stereocenters. The van der Waals surface area contributed by atoms with E-state index in [0.717, 1.165) is 47.3 Å². The average Bonchev–Trinajstić information content (AvgIpc) is 2.89. The second kappa shape index (κ2) is 4.31. The summed E-state index contributed by atoms with van der Waals surface area (Å²) in [4.78, 5) is 4.69. The predicted molar refractivity (Wildman–Crippen MR) is 70.4 cm³/mol. The van der Waals surface area contributed by atoms with Crippen LogP contribution in [0, 0.1) is 5.92 Å². The number of fused-ring (bicyclic) bond motifs is 1. The number of nitrogens with zero attached hydrogens (tertiary/aromatic N) is 2. The number of rotatable bonds is 2. The van der Waals surface area contributed by atoms with E-state index in [4.69, 9.17) is 11.6 Å². The maximum Gasteiger partial charge on any atom is 0.109 e. The third-order valence-electron chi connectivity index (χ3n) is 3.57. The highest BCUT2D eigenvalue weighted by Gasteiger charge is 2.18. The molecule has 4 heteroatoms. The van der Waals surface area contributed by atoms with E-state index in [-0.39, 0.29) is 0 Å². The van der Waals surface area contributed by atoms with E-state index >= 15 is 0 Å². The molecule has 0 spiro atoms. The molecule has 1 aliphatic heterocycles. The molecule has 0 bridgehead atoms. The molecule has 1 aromatic carbocycles. The number of imidazole rings is 1. The van der Waals surface area contributed by atoms with Gasteiger partial charge < -0.3 is 9.88 Å². The first-order chi connectivity index (χ1) is 8.24. The summed E-state index contributed by atoms with van der Waals surface area (Å²) in [6.45, 7) is 2.25. The van der Waals surface area contributed by atoms with Crippen LogP contribution in [-0.2, 0) is 13.5 Å². The normalized spacial score (nSPS) is 20.2. The molecule has 3 nitrogen and oxygen atoms in total. The van der Waals surface area contributed by atoms with Crippen molar-refractivity contribution in [1.29, 1.82) is 0 Å². The van der Waals surface area contributed by atoms with Gasteiger partial charge >= 0.3 is 0 Å². The van der Waals surface area contributed by atoms with Crippen LogP contribution in [0.25, 0.3) is 11.0 Å². The molecule has 1 aromatic heterocycles. The molecule has 90 valence electrons. The van der Waals surface area contributed by atoms with Crippen LogP contribution in [-0.4, -0.2) is 22.6 Å². The fourth-order valence-electron chi connectivity index (χ4n) is 2.55. The predicted octanol–water partition coefficient (Wildman–Crippen LogP) is 2.38. The quantitative estimate of drug-likeness (QED) is 0.886. The molecule has 0 radical (unpaired) electrons. The topological polar surface area (TPSA) is 29.9 Å². The van der Waals surface area contributed by atoms with Gasteiger partial charge in [-0.25, -0.2) is 4.98 Å². The number of nitrogens with one attached hydrogen (secondary N) is 1. The molecule has 1 saturated heterocycles. The van der Waals surface area contributed by atoms with Crippen molar-refractivity contribution < 1.29 is 0 Å². The lowest BCUT2D eigenvalue weighted by Crippen LogP contribution is -2.12. The lowest BCUT2D eigenvalue weighted by molar-refractivity contribution is 0.552. The number of benzene rings is 1. The van der Waals surface area contributed by atoms with E-state index < -0.39 is 0 Å². The Kier molecular flexibility index (Phi) is 2.81. The monoisotopic (exact) mass is 249 g/mol. The maximum atomic E-state index is 5.99. The Labute approximate surface area is 106 Å². The first-order valence-electron chi connectivity index (χ1n) is 6.05. The van der Waals surface area contributed by atoms with E-state index in [0.29, 0.717) is 0 Å². The van der Waals surface area contributed by atoms with Gasteiger partial charge in [-0.3, -0.25) is 0 Å². The van der Waals surface area contributed by atoms with Crippen molar-refractivity contribution in [1.82, 2.24) is 14.9 Å². The molecule has 17 heavy (non-hydrogen) atoms. The number of hydrogen-bond donors (Lipinski definition) is 1. The van der Waals surface area contributed by atoms with Gasteiger partial charge in [-0.15, -0.1) is 0 Å². The molecular formula is C13H16ClN3. The van der Waals surface area contributed by atoms with E-state index in [9.17, 15) is 0 Å². The third-order valence-corrected chi connectivity index (χ3v) is 3.80. The molecule has 1 unspecified atom stereocenters. The van der Waals surface area contributed by atoms with Gasteiger partial charge in [-0.05, 0) is 43.6 Å². The highest BCUT2D eigenvalue weighted by atomic mass is 35.5. The number of aromatic nitrogens is 2. The smallest absolute Gasteiger partial charge is 0.109 e. The second-order valence-corrected chi connectivity index (χ2v) is 5.22. The maximum absolute atomic E-state index is 5.99. The summed E-state index contributed by atoms with van der Waals surface area (Å²) in [5, 5.41) is 4.15. The lowest BCUT2D eigenvalue weighted by Gasteiger charge is -2.07. The molecular weight excluding hydrogens is 234 g/mol. The molecule has 1 N–H and O–H groups in total. The molecule has 2 aromatic rings. The van der Waals surface area contributed by atoms with Gasteiger partial charge in [-0.1, -0.05) is 11.6 Å². The molecule has 1 aliphatic rings.